The van der Waals surface area contributed by atoms with Crippen LogP contribution in [0, 0.1) is 0 Å². The smallest absolute Gasteiger partial charge is 0.225 e. The van der Waals surface area contributed by atoms with Gasteiger partial charge in [-0.25, -0.2) is 4.98 Å². The minimum absolute atomic E-state index is 0.260. The number of rotatable bonds is 3. The van der Waals surface area contributed by atoms with Crippen molar-refractivity contribution in [1.82, 2.24) is 9.97 Å². The first-order chi connectivity index (χ1) is 9.69. The molecule has 0 unspecified atom stereocenters. The molecule has 0 aliphatic rings. The molecule has 0 bridgehead atoms. The van der Waals surface area contributed by atoms with Crippen molar-refractivity contribution in [3.8, 4) is 5.75 Å². The summed E-state index contributed by atoms with van der Waals surface area (Å²) >= 11 is 7.55. The lowest BCUT2D eigenvalue weighted by atomic mass is 10.2. The number of halogens is 1. The highest BCUT2D eigenvalue weighted by Gasteiger charge is 2.13. The number of methoxy groups -OCH3 is 1. The molecule has 0 radical (unpaired) electrons. The summed E-state index contributed by atoms with van der Waals surface area (Å²) in [6.07, 6.45) is 0. The van der Waals surface area contributed by atoms with Gasteiger partial charge in [0.25, 0.3) is 0 Å². The van der Waals surface area contributed by atoms with E-state index in [0.717, 1.165) is 27.5 Å². The van der Waals surface area contributed by atoms with Crippen LogP contribution in [0.2, 0.25) is 5.28 Å². The van der Waals surface area contributed by atoms with Gasteiger partial charge in [0, 0.05) is 12.7 Å². The summed E-state index contributed by atoms with van der Waals surface area (Å²) in [6.45, 7) is 0. The molecule has 0 aliphatic heterocycles. The van der Waals surface area contributed by atoms with Crippen LogP contribution in [0.25, 0.3) is 10.2 Å². The Hall–Kier alpha value is -1.85. The molecular formula is C14H12ClN3OS. The third kappa shape index (κ3) is 2.30. The number of hydrogen-bond acceptors (Lipinski definition) is 5. The molecule has 0 N–H and O–H groups in total. The van der Waals surface area contributed by atoms with Crippen LogP contribution < -0.4 is 9.64 Å². The van der Waals surface area contributed by atoms with Crippen LogP contribution in [-0.2, 0) is 0 Å². The number of aromatic nitrogens is 2. The van der Waals surface area contributed by atoms with Crippen molar-refractivity contribution in [2.45, 2.75) is 0 Å². The van der Waals surface area contributed by atoms with Crippen LogP contribution in [0.5, 0.6) is 5.75 Å². The highest BCUT2D eigenvalue weighted by atomic mass is 35.5. The van der Waals surface area contributed by atoms with Crippen LogP contribution in [0.1, 0.15) is 0 Å². The molecule has 0 amide bonds. The fourth-order valence-electron chi connectivity index (χ4n) is 2.00. The largest absolute Gasteiger partial charge is 0.497 e. The van der Waals surface area contributed by atoms with Gasteiger partial charge in [-0.05, 0) is 47.3 Å². The highest BCUT2D eigenvalue weighted by molar-refractivity contribution is 7.16. The second-order valence-corrected chi connectivity index (χ2v) is 5.45. The number of thiophene rings is 1. The predicted octanol–water partition coefficient (Wildman–Crippen LogP) is 4.12. The van der Waals surface area contributed by atoms with Gasteiger partial charge >= 0.3 is 0 Å². The van der Waals surface area contributed by atoms with Crippen molar-refractivity contribution in [3.63, 3.8) is 0 Å². The first kappa shape index (κ1) is 13.1. The summed E-state index contributed by atoms with van der Waals surface area (Å²) in [5.74, 6) is 1.62. The second kappa shape index (κ2) is 5.26. The molecule has 4 nitrogen and oxygen atoms in total. The molecule has 0 fully saturated rings. The lowest BCUT2D eigenvalue weighted by Gasteiger charge is -2.19. The Morgan fingerprint density at radius 2 is 1.90 bits per heavy atom. The molecule has 2 heterocycles. The average Bonchev–Trinajstić information content (AvgIpc) is 2.94. The molecule has 0 spiro atoms. The van der Waals surface area contributed by atoms with Gasteiger partial charge in [0.05, 0.1) is 12.5 Å². The number of ether oxygens (including phenoxy) is 1. The minimum atomic E-state index is 0.260. The van der Waals surface area contributed by atoms with E-state index in [1.807, 2.05) is 47.7 Å². The molecule has 2 aromatic heterocycles. The zero-order valence-corrected chi connectivity index (χ0v) is 12.6. The van der Waals surface area contributed by atoms with E-state index in [0.29, 0.717) is 0 Å². The Labute approximate surface area is 125 Å². The van der Waals surface area contributed by atoms with Crippen molar-refractivity contribution in [3.05, 3.63) is 41.0 Å². The summed E-state index contributed by atoms with van der Waals surface area (Å²) in [4.78, 5) is 11.5. The number of benzene rings is 1. The number of anilines is 2. The van der Waals surface area contributed by atoms with Gasteiger partial charge < -0.3 is 9.64 Å². The molecule has 3 rings (SSSR count). The van der Waals surface area contributed by atoms with Crippen LogP contribution in [0.4, 0.5) is 11.5 Å². The molecule has 0 atom stereocenters. The zero-order chi connectivity index (χ0) is 14.1. The van der Waals surface area contributed by atoms with Crippen molar-refractivity contribution in [1.29, 1.82) is 0 Å². The van der Waals surface area contributed by atoms with Crippen LogP contribution in [0.3, 0.4) is 0 Å². The molecule has 1 aromatic carbocycles. The van der Waals surface area contributed by atoms with E-state index in [9.17, 15) is 0 Å². The lowest BCUT2D eigenvalue weighted by molar-refractivity contribution is 0.415. The summed E-state index contributed by atoms with van der Waals surface area (Å²) in [5, 5.41) is 3.24. The third-order valence-electron chi connectivity index (χ3n) is 3.06. The molecule has 0 aliphatic carbocycles. The SMILES string of the molecule is COc1ccc(N(C)c2nc(Cl)nc3sccc23)cc1. The summed E-state index contributed by atoms with van der Waals surface area (Å²) in [7, 11) is 3.61. The second-order valence-electron chi connectivity index (χ2n) is 4.21. The van der Waals surface area contributed by atoms with Crippen LogP contribution in [0.15, 0.2) is 35.7 Å². The highest BCUT2D eigenvalue weighted by Crippen LogP contribution is 2.32. The van der Waals surface area contributed by atoms with Gasteiger partial charge in [0.2, 0.25) is 5.28 Å². The summed E-state index contributed by atoms with van der Waals surface area (Å²) < 4.78 is 5.17. The van der Waals surface area contributed by atoms with E-state index in [-0.39, 0.29) is 5.28 Å². The number of nitrogens with zero attached hydrogens (tertiary/aromatic N) is 3. The molecule has 102 valence electrons. The Morgan fingerprint density at radius 1 is 1.15 bits per heavy atom. The van der Waals surface area contributed by atoms with Crippen LogP contribution >= 0.6 is 22.9 Å². The van der Waals surface area contributed by atoms with Gasteiger partial charge in [-0.1, -0.05) is 0 Å². The van der Waals surface area contributed by atoms with Crippen molar-refractivity contribution in [2.24, 2.45) is 0 Å². The maximum atomic E-state index is 6.00. The lowest BCUT2D eigenvalue weighted by Crippen LogP contribution is -2.11. The Morgan fingerprint density at radius 3 is 2.60 bits per heavy atom. The molecular weight excluding hydrogens is 294 g/mol. The maximum Gasteiger partial charge on any atom is 0.225 e. The molecule has 20 heavy (non-hydrogen) atoms. The first-order valence-corrected chi connectivity index (χ1v) is 7.23. The van der Waals surface area contributed by atoms with Gasteiger partial charge in [-0.3, -0.25) is 0 Å². The number of hydrogen-bond donors (Lipinski definition) is 0. The summed E-state index contributed by atoms with van der Waals surface area (Å²) in [6, 6.07) is 9.80. The molecule has 3 aromatic rings. The van der Waals surface area contributed by atoms with E-state index in [1.165, 1.54) is 0 Å². The number of fused-ring (bicyclic) bond motifs is 1. The molecule has 0 saturated heterocycles. The first-order valence-electron chi connectivity index (χ1n) is 5.97. The topological polar surface area (TPSA) is 38.2 Å². The zero-order valence-electron chi connectivity index (χ0n) is 11.0. The van der Waals surface area contributed by atoms with Crippen LogP contribution in [-0.4, -0.2) is 24.1 Å². The monoisotopic (exact) mass is 305 g/mol. The third-order valence-corrected chi connectivity index (χ3v) is 4.03. The average molecular weight is 306 g/mol. The maximum absolute atomic E-state index is 6.00. The predicted molar refractivity (Wildman–Crippen MR) is 83.5 cm³/mol. The standard InChI is InChI=1S/C14H12ClN3OS/c1-18(9-3-5-10(19-2)6-4-9)12-11-7-8-20-13(11)17-14(15)16-12/h3-8H,1-2H3. The minimum Gasteiger partial charge on any atom is -0.497 e. The Balaban J connectivity index is 2.06. The quantitative estimate of drug-likeness (QED) is 0.682. The van der Waals surface area contributed by atoms with Crippen molar-refractivity contribution >= 4 is 44.7 Å². The van der Waals surface area contributed by atoms with Gasteiger partial charge in [0.15, 0.2) is 0 Å². The Kier molecular flexibility index (Phi) is 3.46. The van der Waals surface area contributed by atoms with E-state index < -0.39 is 0 Å². The molecule has 0 saturated carbocycles. The van der Waals surface area contributed by atoms with Gasteiger partial charge in [-0.15, -0.1) is 11.3 Å². The van der Waals surface area contributed by atoms with Crippen molar-refractivity contribution < 1.29 is 4.74 Å². The van der Waals surface area contributed by atoms with E-state index in [2.05, 4.69) is 9.97 Å². The summed E-state index contributed by atoms with van der Waals surface area (Å²) in [5.41, 5.74) is 1.01. The van der Waals surface area contributed by atoms with Gasteiger partial charge in [-0.2, -0.15) is 4.98 Å². The van der Waals surface area contributed by atoms with Crippen molar-refractivity contribution in [2.75, 3.05) is 19.1 Å². The fourth-order valence-corrected chi connectivity index (χ4v) is 2.97. The van der Waals surface area contributed by atoms with E-state index in [1.54, 1.807) is 18.4 Å². The van der Waals surface area contributed by atoms with E-state index in [4.69, 9.17) is 16.3 Å². The fraction of sp³-hybridized carbons (Fsp3) is 0.143. The Bertz CT molecular complexity index is 742. The molecule has 6 heteroatoms. The van der Waals surface area contributed by atoms with Gasteiger partial charge in [0.1, 0.15) is 16.4 Å². The normalized spacial score (nSPS) is 10.8. The van der Waals surface area contributed by atoms with E-state index >= 15 is 0 Å².